The Bertz CT molecular complexity index is 605. The summed E-state index contributed by atoms with van der Waals surface area (Å²) in [7, 11) is 0. The summed E-state index contributed by atoms with van der Waals surface area (Å²) in [5, 5.41) is 9.53. The summed E-state index contributed by atoms with van der Waals surface area (Å²) in [4.78, 5) is 18.2. The van der Waals surface area contributed by atoms with Crippen LogP contribution in [0.4, 0.5) is 0 Å². The van der Waals surface area contributed by atoms with Crippen LogP contribution in [0.5, 0.6) is 11.6 Å². The van der Waals surface area contributed by atoms with Gasteiger partial charge in [0.25, 0.3) is 0 Å². The average Bonchev–Trinajstić information content (AvgIpc) is 2.33. The molecule has 0 saturated carbocycles. The second kappa shape index (κ2) is 5.20. The lowest BCUT2D eigenvalue weighted by atomic mass is 10.3. The first-order valence-electron chi connectivity index (χ1n) is 4.74. The second-order valence-corrected chi connectivity index (χ2v) is 4.07. The monoisotopic (exact) mass is 284 g/mol. The highest BCUT2D eigenvalue weighted by Crippen LogP contribution is 2.30. The summed E-state index contributed by atoms with van der Waals surface area (Å²) in [5.74, 6) is -0.827. The molecule has 0 aliphatic carbocycles. The molecule has 2 rings (SSSR count). The van der Waals surface area contributed by atoms with Gasteiger partial charge in [-0.1, -0.05) is 23.2 Å². The second-order valence-electron chi connectivity index (χ2n) is 3.22. The zero-order valence-corrected chi connectivity index (χ0v) is 10.3. The standard InChI is InChI=1S/C11H6Cl2N2O3/c12-6-1-2-9(7(13)3-6)18-10-5-14-4-8(15-10)11(16)17/h1-5H,(H,16,17). The quantitative estimate of drug-likeness (QED) is 0.936. The van der Waals surface area contributed by atoms with Crippen LogP contribution in [-0.2, 0) is 0 Å². The van der Waals surface area contributed by atoms with Crippen LogP contribution in [-0.4, -0.2) is 21.0 Å². The SMILES string of the molecule is O=C(O)c1cncc(Oc2ccc(Cl)cc2Cl)n1. The maximum atomic E-state index is 10.7. The lowest BCUT2D eigenvalue weighted by molar-refractivity contribution is 0.0689. The van der Waals surface area contributed by atoms with Gasteiger partial charge >= 0.3 is 5.97 Å². The van der Waals surface area contributed by atoms with Gasteiger partial charge in [-0.25, -0.2) is 9.78 Å². The topological polar surface area (TPSA) is 72.3 Å². The molecule has 7 heteroatoms. The van der Waals surface area contributed by atoms with Gasteiger partial charge in [-0.2, -0.15) is 0 Å². The third-order valence-corrected chi connectivity index (χ3v) is 2.47. The van der Waals surface area contributed by atoms with Crippen LogP contribution in [0.2, 0.25) is 10.0 Å². The Kier molecular flexibility index (Phi) is 3.64. The highest BCUT2D eigenvalue weighted by atomic mass is 35.5. The van der Waals surface area contributed by atoms with Crippen LogP contribution in [0.25, 0.3) is 0 Å². The van der Waals surface area contributed by atoms with Crippen molar-refractivity contribution in [1.82, 2.24) is 9.97 Å². The van der Waals surface area contributed by atoms with E-state index in [-0.39, 0.29) is 11.6 Å². The Morgan fingerprint density at radius 1 is 1.28 bits per heavy atom. The van der Waals surface area contributed by atoms with Gasteiger partial charge in [-0.15, -0.1) is 0 Å². The number of hydrogen-bond acceptors (Lipinski definition) is 4. The summed E-state index contributed by atoms with van der Waals surface area (Å²) in [5.41, 5.74) is -0.211. The molecule has 0 saturated heterocycles. The molecular formula is C11H6Cl2N2O3. The minimum Gasteiger partial charge on any atom is -0.476 e. The molecule has 1 N–H and O–H groups in total. The van der Waals surface area contributed by atoms with Crippen molar-refractivity contribution >= 4 is 29.2 Å². The number of carbonyl (C=O) groups is 1. The first kappa shape index (κ1) is 12.6. The lowest BCUT2D eigenvalue weighted by Crippen LogP contribution is -2.02. The average molecular weight is 285 g/mol. The highest BCUT2D eigenvalue weighted by Gasteiger charge is 2.09. The number of aromatic nitrogens is 2. The molecule has 0 amide bonds. The summed E-state index contributed by atoms with van der Waals surface area (Å²) >= 11 is 11.6. The number of rotatable bonds is 3. The van der Waals surface area contributed by atoms with Crippen molar-refractivity contribution in [1.29, 1.82) is 0 Å². The predicted octanol–water partition coefficient (Wildman–Crippen LogP) is 3.27. The minimum atomic E-state index is -1.19. The molecule has 0 atom stereocenters. The Labute approximate surface area is 112 Å². The minimum absolute atomic E-state index is 0.0409. The summed E-state index contributed by atoms with van der Waals surface area (Å²) in [6.07, 6.45) is 2.41. The van der Waals surface area contributed by atoms with Gasteiger partial charge in [0.1, 0.15) is 5.75 Å². The Balaban J connectivity index is 2.28. The fourth-order valence-electron chi connectivity index (χ4n) is 1.17. The number of halogens is 2. The Morgan fingerprint density at radius 2 is 2.06 bits per heavy atom. The number of ether oxygens (including phenoxy) is 1. The zero-order chi connectivity index (χ0) is 13.1. The lowest BCUT2D eigenvalue weighted by Gasteiger charge is -2.06. The molecule has 1 aromatic heterocycles. The van der Waals surface area contributed by atoms with Gasteiger partial charge in [0.05, 0.1) is 17.4 Å². The van der Waals surface area contributed by atoms with E-state index in [1.54, 1.807) is 12.1 Å². The smallest absolute Gasteiger partial charge is 0.356 e. The number of benzene rings is 1. The fourth-order valence-corrected chi connectivity index (χ4v) is 1.62. The summed E-state index contributed by atoms with van der Waals surface area (Å²) in [6, 6.07) is 4.66. The molecule has 0 bridgehead atoms. The van der Waals surface area contributed by atoms with E-state index >= 15 is 0 Å². The van der Waals surface area contributed by atoms with Crippen LogP contribution >= 0.6 is 23.2 Å². The molecule has 0 aliphatic rings. The highest BCUT2D eigenvalue weighted by molar-refractivity contribution is 6.35. The molecule has 0 fully saturated rings. The van der Waals surface area contributed by atoms with Gasteiger partial charge in [-0.3, -0.25) is 4.98 Å². The van der Waals surface area contributed by atoms with Gasteiger partial charge in [0.15, 0.2) is 5.69 Å². The Morgan fingerprint density at radius 3 is 2.72 bits per heavy atom. The van der Waals surface area contributed by atoms with E-state index in [0.29, 0.717) is 15.8 Å². The van der Waals surface area contributed by atoms with Crippen molar-refractivity contribution in [3.8, 4) is 11.6 Å². The van der Waals surface area contributed by atoms with E-state index in [4.69, 9.17) is 33.0 Å². The van der Waals surface area contributed by atoms with Crippen molar-refractivity contribution in [2.75, 3.05) is 0 Å². The molecule has 1 heterocycles. The molecule has 2 aromatic rings. The first-order chi connectivity index (χ1) is 8.56. The number of aromatic carboxylic acids is 1. The largest absolute Gasteiger partial charge is 0.476 e. The van der Waals surface area contributed by atoms with E-state index in [9.17, 15) is 4.79 Å². The molecule has 0 unspecified atom stereocenters. The predicted molar refractivity (Wildman–Crippen MR) is 65.5 cm³/mol. The van der Waals surface area contributed by atoms with Gasteiger partial charge in [-0.05, 0) is 18.2 Å². The first-order valence-corrected chi connectivity index (χ1v) is 5.50. The molecule has 18 heavy (non-hydrogen) atoms. The number of carboxylic acid groups (broad SMARTS) is 1. The van der Waals surface area contributed by atoms with Crippen LogP contribution in [0.15, 0.2) is 30.6 Å². The Hall–Kier alpha value is -1.85. The van der Waals surface area contributed by atoms with Crippen molar-refractivity contribution in [3.05, 3.63) is 46.3 Å². The van der Waals surface area contributed by atoms with E-state index < -0.39 is 5.97 Å². The normalized spacial score (nSPS) is 10.1. The number of nitrogens with zero attached hydrogens (tertiary/aromatic N) is 2. The molecule has 1 aromatic carbocycles. The van der Waals surface area contributed by atoms with Crippen molar-refractivity contribution in [2.45, 2.75) is 0 Å². The summed E-state index contributed by atoms with van der Waals surface area (Å²) < 4.78 is 5.33. The summed E-state index contributed by atoms with van der Waals surface area (Å²) in [6.45, 7) is 0. The van der Waals surface area contributed by atoms with Gasteiger partial charge in [0.2, 0.25) is 5.88 Å². The van der Waals surface area contributed by atoms with Crippen LogP contribution in [0.1, 0.15) is 10.5 Å². The van der Waals surface area contributed by atoms with Crippen LogP contribution < -0.4 is 4.74 Å². The molecular weight excluding hydrogens is 279 g/mol. The maximum Gasteiger partial charge on any atom is 0.356 e. The number of carboxylic acids is 1. The molecule has 92 valence electrons. The molecule has 0 radical (unpaired) electrons. The van der Waals surface area contributed by atoms with Crippen molar-refractivity contribution in [3.63, 3.8) is 0 Å². The molecule has 0 aliphatic heterocycles. The fraction of sp³-hybridized carbons (Fsp3) is 0. The maximum absolute atomic E-state index is 10.7. The van der Waals surface area contributed by atoms with Gasteiger partial charge in [0, 0.05) is 5.02 Å². The van der Waals surface area contributed by atoms with Crippen molar-refractivity contribution in [2.24, 2.45) is 0 Å². The van der Waals surface area contributed by atoms with E-state index in [1.807, 2.05) is 0 Å². The molecule has 0 spiro atoms. The molecule has 5 nitrogen and oxygen atoms in total. The van der Waals surface area contributed by atoms with Crippen LogP contribution in [0, 0.1) is 0 Å². The van der Waals surface area contributed by atoms with Crippen LogP contribution in [0.3, 0.4) is 0 Å². The van der Waals surface area contributed by atoms with E-state index in [1.165, 1.54) is 12.3 Å². The van der Waals surface area contributed by atoms with E-state index in [2.05, 4.69) is 9.97 Å². The zero-order valence-electron chi connectivity index (χ0n) is 8.80. The third-order valence-electron chi connectivity index (χ3n) is 1.94. The number of hydrogen-bond donors (Lipinski definition) is 1. The van der Waals surface area contributed by atoms with Gasteiger partial charge < -0.3 is 9.84 Å². The van der Waals surface area contributed by atoms with Crippen molar-refractivity contribution < 1.29 is 14.6 Å². The van der Waals surface area contributed by atoms with E-state index in [0.717, 1.165) is 6.20 Å². The third kappa shape index (κ3) is 2.88.